The van der Waals surface area contributed by atoms with Crippen LogP contribution < -0.4 is 5.32 Å². The van der Waals surface area contributed by atoms with Gasteiger partial charge in [-0.25, -0.2) is 4.39 Å². The largest absolute Gasteiger partial charge is 0.377 e. The van der Waals surface area contributed by atoms with Gasteiger partial charge in [0.25, 0.3) is 0 Å². The molecule has 112 valence electrons. The van der Waals surface area contributed by atoms with E-state index < -0.39 is 0 Å². The average molecular weight is 279 g/mol. The Bertz CT molecular complexity index is 398. The fourth-order valence-electron chi connectivity index (χ4n) is 3.39. The van der Waals surface area contributed by atoms with Crippen molar-refractivity contribution >= 4 is 0 Å². The van der Waals surface area contributed by atoms with Crippen molar-refractivity contribution in [3.05, 3.63) is 35.6 Å². The molecule has 20 heavy (non-hydrogen) atoms. The summed E-state index contributed by atoms with van der Waals surface area (Å²) < 4.78 is 19.0. The lowest BCUT2D eigenvalue weighted by Crippen LogP contribution is -2.54. The summed E-state index contributed by atoms with van der Waals surface area (Å²) in [5.41, 5.74) is 1.10. The fourth-order valence-corrected chi connectivity index (χ4v) is 3.39. The van der Waals surface area contributed by atoms with Crippen molar-refractivity contribution in [1.82, 2.24) is 5.32 Å². The molecule has 1 N–H and O–H groups in total. The summed E-state index contributed by atoms with van der Waals surface area (Å²) in [6, 6.07) is 7.14. The Morgan fingerprint density at radius 2 is 1.85 bits per heavy atom. The highest BCUT2D eigenvalue weighted by Gasteiger charge is 2.39. The van der Waals surface area contributed by atoms with E-state index in [1.54, 1.807) is 12.1 Å². The molecule has 1 saturated carbocycles. The Labute approximate surface area is 121 Å². The highest BCUT2D eigenvalue weighted by molar-refractivity contribution is 5.18. The summed E-state index contributed by atoms with van der Waals surface area (Å²) in [6.07, 6.45) is 6.89. The number of nitrogens with one attached hydrogen (secondary N) is 1. The molecule has 1 fully saturated rings. The van der Waals surface area contributed by atoms with Crippen LogP contribution in [-0.2, 0) is 11.2 Å². The van der Waals surface area contributed by atoms with Crippen LogP contribution in [0.25, 0.3) is 0 Å². The Balaban J connectivity index is 2.14. The van der Waals surface area contributed by atoms with Gasteiger partial charge in [-0.2, -0.15) is 0 Å². The summed E-state index contributed by atoms with van der Waals surface area (Å²) >= 11 is 0. The number of hydrogen-bond donors (Lipinski definition) is 1. The number of methoxy groups -OCH3 is 1. The number of ether oxygens (including phenoxy) is 1. The van der Waals surface area contributed by atoms with Crippen LogP contribution in [0.2, 0.25) is 0 Å². The minimum atomic E-state index is -0.173. The van der Waals surface area contributed by atoms with Crippen molar-refractivity contribution in [1.29, 1.82) is 0 Å². The van der Waals surface area contributed by atoms with Crippen LogP contribution in [0.4, 0.5) is 4.39 Å². The number of halogens is 1. The van der Waals surface area contributed by atoms with Crippen LogP contribution in [0, 0.1) is 5.82 Å². The van der Waals surface area contributed by atoms with E-state index in [2.05, 4.69) is 12.2 Å². The van der Waals surface area contributed by atoms with Crippen LogP contribution >= 0.6 is 0 Å². The number of likely N-dealkylation sites (N-methyl/N-ethyl adjacent to an activating group) is 1. The predicted octanol–water partition coefficient (Wildman–Crippen LogP) is 3.70. The molecule has 0 aromatic heterocycles. The first-order valence-electron chi connectivity index (χ1n) is 7.73. The van der Waals surface area contributed by atoms with Gasteiger partial charge in [-0.3, -0.25) is 0 Å². The maximum absolute atomic E-state index is 13.0. The van der Waals surface area contributed by atoms with Gasteiger partial charge in [0.05, 0.1) is 5.60 Å². The summed E-state index contributed by atoms with van der Waals surface area (Å²) in [5.74, 6) is -0.173. The summed E-state index contributed by atoms with van der Waals surface area (Å²) in [5, 5.41) is 3.59. The van der Waals surface area contributed by atoms with Gasteiger partial charge in [-0.15, -0.1) is 0 Å². The smallest absolute Gasteiger partial charge is 0.123 e. The quantitative estimate of drug-likeness (QED) is 0.857. The van der Waals surface area contributed by atoms with E-state index in [4.69, 9.17) is 4.74 Å². The lowest BCUT2D eigenvalue weighted by molar-refractivity contribution is -0.0669. The van der Waals surface area contributed by atoms with Gasteiger partial charge in [-0.1, -0.05) is 38.3 Å². The molecule has 0 bridgehead atoms. The molecule has 2 rings (SSSR count). The van der Waals surface area contributed by atoms with Crippen LogP contribution in [0.5, 0.6) is 0 Å². The number of rotatable bonds is 6. The highest BCUT2D eigenvalue weighted by atomic mass is 19.1. The molecule has 1 aromatic carbocycles. The third-order valence-electron chi connectivity index (χ3n) is 4.55. The van der Waals surface area contributed by atoms with Gasteiger partial charge in [0.15, 0.2) is 0 Å². The zero-order valence-electron chi connectivity index (χ0n) is 12.6. The van der Waals surface area contributed by atoms with Gasteiger partial charge in [0, 0.05) is 13.2 Å². The second-order valence-electron chi connectivity index (χ2n) is 5.77. The van der Waals surface area contributed by atoms with E-state index in [9.17, 15) is 4.39 Å². The molecule has 1 atom stereocenters. The van der Waals surface area contributed by atoms with E-state index in [1.165, 1.54) is 24.8 Å². The maximum atomic E-state index is 13.0. The van der Waals surface area contributed by atoms with Crippen molar-refractivity contribution in [2.24, 2.45) is 0 Å². The Morgan fingerprint density at radius 1 is 1.20 bits per heavy atom. The number of benzene rings is 1. The molecule has 1 aliphatic rings. The van der Waals surface area contributed by atoms with Crippen LogP contribution in [0.15, 0.2) is 24.3 Å². The van der Waals surface area contributed by atoms with Gasteiger partial charge in [0.2, 0.25) is 0 Å². The second kappa shape index (κ2) is 7.19. The molecule has 0 spiro atoms. The molecule has 0 saturated heterocycles. The van der Waals surface area contributed by atoms with Crippen molar-refractivity contribution < 1.29 is 9.13 Å². The molecule has 0 radical (unpaired) electrons. The van der Waals surface area contributed by atoms with E-state index in [-0.39, 0.29) is 11.4 Å². The molecule has 2 nitrogen and oxygen atoms in total. The van der Waals surface area contributed by atoms with Gasteiger partial charge < -0.3 is 10.1 Å². The number of hydrogen-bond acceptors (Lipinski definition) is 2. The minimum absolute atomic E-state index is 0.0668. The third-order valence-corrected chi connectivity index (χ3v) is 4.55. The van der Waals surface area contributed by atoms with E-state index in [0.717, 1.165) is 25.8 Å². The first-order valence-corrected chi connectivity index (χ1v) is 7.73. The van der Waals surface area contributed by atoms with Crippen LogP contribution in [-0.4, -0.2) is 25.3 Å². The molecule has 0 aliphatic heterocycles. The fraction of sp³-hybridized carbons (Fsp3) is 0.647. The van der Waals surface area contributed by atoms with E-state index in [0.29, 0.717) is 6.04 Å². The SMILES string of the molecule is CCNC(Cc1ccc(F)cc1)C1(OC)CCCCC1. The Hall–Kier alpha value is -0.930. The molecule has 3 heteroatoms. The molecule has 1 aliphatic carbocycles. The van der Waals surface area contributed by atoms with Gasteiger partial charge in [0.1, 0.15) is 5.82 Å². The summed E-state index contributed by atoms with van der Waals surface area (Å²) in [4.78, 5) is 0. The molecule has 1 unspecified atom stereocenters. The van der Waals surface area contributed by atoms with Crippen molar-refractivity contribution in [3.8, 4) is 0 Å². The van der Waals surface area contributed by atoms with Crippen LogP contribution in [0.3, 0.4) is 0 Å². The predicted molar refractivity (Wildman–Crippen MR) is 80.4 cm³/mol. The highest BCUT2D eigenvalue weighted by Crippen LogP contribution is 2.35. The first-order chi connectivity index (χ1) is 9.70. The monoisotopic (exact) mass is 279 g/mol. The summed E-state index contributed by atoms with van der Waals surface area (Å²) in [7, 11) is 1.83. The Kier molecular flexibility index (Phi) is 5.55. The molecule has 0 heterocycles. The zero-order valence-corrected chi connectivity index (χ0v) is 12.6. The Morgan fingerprint density at radius 3 is 2.40 bits per heavy atom. The molecular formula is C17H26FNO. The lowest BCUT2D eigenvalue weighted by atomic mass is 9.77. The normalized spacial score (nSPS) is 19.8. The van der Waals surface area contributed by atoms with Crippen LogP contribution in [0.1, 0.15) is 44.6 Å². The standard InChI is InChI=1S/C17H26FNO/c1-3-19-16(13-14-7-9-15(18)10-8-14)17(20-2)11-5-4-6-12-17/h7-10,16,19H,3-6,11-13H2,1-2H3. The topological polar surface area (TPSA) is 21.3 Å². The molecule has 0 amide bonds. The van der Waals surface area contributed by atoms with Gasteiger partial charge in [-0.05, 0) is 43.5 Å². The maximum Gasteiger partial charge on any atom is 0.123 e. The third kappa shape index (κ3) is 3.58. The zero-order chi connectivity index (χ0) is 14.4. The van der Waals surface area contributed by atoms with Crippen molar-refractivity contribution in [3.63, 3.8) is 0 Å². The lowest BCUT2D eigenvalue weighted by Gasteiger charge is -2.43. The average Bonchev–Trinajstić information content (AvgIpc) is 2.49. The summed E-state index contributed by atoms with van der Waals surface area (Å²) in [6.45, 7) is 3.06. The van der Waals surface area contributed by atoms with Crippen molar-refractivity contribution in [2.75, 3.05) is 13.7 Å². The molecule has 1 aromatic rings. The van der Waals surface area contributed by atoms with E-state index >= 15 is 0 Å². The second-order valence-corrected chi connectivity index (χ2v) is 5.77. The van der Waals surface area contributed by atoms with E-state index in [1.807, 2.05) is 19.2 Å². The van der Waals surface area contributed by atoms with Crippen molar-refractivity contribution in [2.45, 2.75) is 57.1 Å². The minimum Gasteiger partial charge on any atom is -0.377 e. The molecular weight excluding hydrogens is 253 g/mol. The first kappa shape index (κ1) is 15.5. The van der Waals surface area contributed by atoms with Gasteiger partial charge >= 0.3 is 0 Å².